The van der Waals surface area contributed by atoms with Gasteiger partial charge in [0, 0.05) is 5.69 Å². The van der Waals surface area contributed by atoms with E-state index in [4.69, 9.17) is 4.74 Å². The van der Waals surface area contributed by atoms with Gasteiger partial charge in [0.2, 0.25) is 0 Å². The lowest BCUT2D eigenvalue weighted by molar-refractivity contribution is 0.262. The summed E-state index contributed by atoms with van der Waals surface area (Å²) in [6.45, 7) is 4.34. The molecule has 0 aliphatic rings. The van der Waals surface area contributed by atoms with Crippen LogP contribution in [0.25, 0.3) is 0 Å². The van der Waals surface area contributed by atoms with E-state index < -0.39 is 0 Å². The van der Waals surface area contributed by atoms with E-state index in [1.54, 1.807) is 0 Å². The van der Waals surface area contributed by atoms with Crippen molar-refractivity contribution >= 4 is 17.4 Å². The van der Waals surface area contributed by atoms with E-state index in [1.165, 1.54) is 12.4 Å². The smallest absolute Gasteiger partial charge is 0.323 e. The first kappa shape index (κ1) is 13.8. The van der Waals surface area contributed by atoms with Crippen molar-refractivity contribution in [2.24, 2.45) is 0 Å². The highest BCUT2D eigenvalue weighted by Crippen LogP contribution is 2.11. The molecule has 0 bridgehead atoms. The lowest BCUT2D eigenvalue weighted by atomic mass is 10.2. The molecule has 2 rings (SSSR count). The Morgan fingerprint density at radius 2 is 1.70 bits per heavy atom. The number of nitrogens with zero attached hydrogens (tertiary/aromatic N) is 2. The molecule has 0 radical (unpaired) electrons. The van der Waals surface area contributed by atoms with E-state index >= 15 is 0 Å². The quantitative estimate of drug-likeness (QED) is 0.897. The molecule has 0 aliphatic carbocycles. The van der Waals surface area contributed by atoms with Crippen molar-refractivity contribution in [2.75, 3.05) is 17.2 Å². The molecule has 0 spiro atoms. The minimum Gasteiger partial charge on any atom is -0.464 e. The first-order valence-electron chi connectivity index (χ1n) is 6.27. The van der Waals surface area contributed by atoms with Crippen molar-refractivity contribution < 1.29 is 9.53 Å². The Labute approximate surface area is 117 Å². The van der Waals surface area contributed by atoms with Crippen LogP contribution in [0.5, 0.6) is 6.01 Å². The molecule has 0 saturated heterocycles. The Morgan fingerprint density at radius 3 is 2.30 bits per heavy atom. The van der Waals surface area contributed by atoms with Crippen molar-refractivity contribution in [1.29, 1.82) is 0 Å². The molecule has 6 nitrogen and oxygen atoms in total. The highest BCUT2D eigenvalue weighted by Gasteiger charge is 2.04. The number of amides is 2. The lowest BCUT2D eigenvalue weighted by Crippen LogP contribution is -2.19. The van der Waals surface area contributed by atoms with Gasteiger partial charge >= 0.3 is 12.0 Å². The molecule has 1 aromatic carbocycles. The van der Waals surface area contributed by atoms with Crippen LogP contribution >= 0.6 is 0 Å². The molecule has 0 unspecified atom stereocenters. The molecule has 0 aliphatic heterocycles. The van der Waals surface area contributed by atoms with Gasteiger partial charge in [-0.3, -0.25) is 0 Å². The average molecular weight is 272 g/mol. The number of carbonyl (C=O) groups is 1. The maximum absolute atomic E-state index is 11.8. The van der Waals surface area contributed by atoms with Gasteiger partial charge in [0.15, 0.2) is 0 Å². The normalized spacial score (nSPS) is 9.90. The SMILES string of the molecule is CCOc1ncc(NC(=O)Nc2ccc(C)cc2)cn1. The number of ether oxygens (including phenoxy) is 1. The Kier molecular flexibility index (Phi) is 4.49. The number of aryl methyl sites for hydroxylation is 1. The molecule has 2 N–H and O–H groups in total. The summed E-state index contributed by atoms with van der Waals surface area (Å²) in [5, 5.41) is 5.36. The fourth-order valence-electron chi connectivity index (χ4n) is 1.51. The number of hydrogen-bond acceptors (Lipinski definition) is 4. The number of anilines is 2. The van der Waals surface area contributed by atoms with Gasteiger partial charge in [0.05, 0.1) is 24.7 Å². The minimum absolute atomic E-state index is 0.289. The lowest BCUT2D eigenvalue weighted by Gasteiger charge is -2.07. The van der Waals surface area contributed by atoms with E-state index in [9.17, 15) is 4.79 Å². The summed E-state index contributed by atoms with van der Waals surface area (Å²) in [5.41, 5.74) is 2.36. The zero-order valence-electron chi connectivity index (χ0n) is 11.4. The fourth-order valence-corrected chi connectivity index (χ4v) is 1.51. The third-order valence-corrected chi connectivity index (χ3v) is 2.47. The van der Waals surface area contributed by atoms with Crippen molar-refractivity contribution in [2.45, 2.75) is 13.8 Å². The van der Waals surface area contributed by atoms with Crippen molar-refractivity contribution in [3.8, 4) is 6.01 Å². The predicted molar refractivity (Wildman–Crippen MR) is 77.0 cm³/mol. The Bertz CT molecular complexity index is 567. The first-order chi connectivity index (χ1) is 9.67. The van der Waals surface area contributed by atoms with Gasteiger partial charge in [-0.1, -0.05) is 17.7 Å². The Morgan fingerprint density at radius 1 is 1.10 bits per heavy atom. The summed E-state index contributed by atoms with van der Waals surface area (Å²) in [6.07, 6.45) is 2.99. The number of benzene rings is 1. The number of aromatic nitrogens is 2. The van der Waals surface area contributed by atoms with Crippen LogP contribution in [-0.2, 0) is 0 Å². The van der Waals surface area contributed by atoms with Crippen LogP contribution in [0.2, 0.25) is 0 Å². The maximum atomic E-state index is 11.8. The molecule has 0 atom stereocenters. The van der Waals surface area contributed by atoms with Crippen molar-refractivity contribution in [1.82, 2.24) is 9.97 Å². The molecular formula is C14H16N4O2. The highest BCUT2D eigenvalue weighted by atomic mass is 16.5. The molecule has 0 saturated carbocycles. The zero-order chi connectivity index (χ0) is 14.4. The number of carbonyl (C=O) groups excluding carboxylic acids is 1. The molecule has 0 fully saturated rings. The van der Waals surface area contributed by atoms with Crippen molar-refractivity contribution in [3.63, 3.8) is 0 Å². The van der Waals surface area contributed by atoms with E-state index in [1.807, 2.05) is 38.1 Å². The molecule has 6 heteroatoms. The minimum atomic E-state index is -0.346. The monoisotopic (exact) mass is 272 g/mol. The number of hydrogen-bond donors (Lipinski definition) is 2. The summed E-state index contributed by atoms with van der Waals surface area (Å²) in [5.74, 6) is 0. The second-order valence-electron chi connectivity index (χ2n) is 4.13. The third kappa shape index (κ3) is 3.94. The number of rotatable bonds is 4. The van der Waals surface area contributed by atoms with E-state index in [0.717, 1.165) is 11.3 Å². The van der Waals surface area contributed by atoms with Gasteiger partial charge in [-0.25, -0.2) is 14.8 Å². The van der Waals surface area contributed by atoms with Gasteiger partial charge in [-0.05, 0) is 26.0 Å². The van der Waals surface area contributed by atoms with Gasteiger partial charge in [-0.15, -0.1) is 0 Å². The summed E-state index contributed by atoms with van der Waals surface area (Å²) in [4.78, 5) is 19.7. The van der Waals surface area contributed by atoms with E-state index in [0.29, 0.717) is 12.3 Å². The van der Waals surface area contributed by atoms with Crippen LogP contribution in [-0.4, -0.2) is 22.6 Å². The summed E-state index contributed by atoms with van der Waals surface area (Å²) in [6, 6.07) is 7.47. The van der Waals surface area contributed by atoms with Crippen LogP contribution in [0, 0.1) is 6.92 Å². The average Bonchev–Trinajstić information content (AvgIpc) is 2.44. The van der Waals surface area contributed by atoms with Crippen LogP contribution in [0.4, 0.5) is 16.2 Å². The third-order valence-electron chi connectivity index (χ3n) is 2.47. The van der Waals surface area contributed by atoms with Crippen LogP contribution < -0.4 is 15.4 Å². The van der Waals surface area contributed by atoms with E-state index in [-0.39, 0.29) is 12.0 Å². The summed E-state index contributed by atoms with van der Waals surface area (Å²) < 4.78 is 5.12. The molecule has 104 valence electrons. The summed E-state index contributed by atoms with van der Waals surface area (Å²) >= 11 is 0. The largest absolute Gasteiger partial charge is 0.464 e. The van der Waals surface area contributed by atoms with Crippen molar-refractivity contribution in [3.05, 3.63) is 42.2 Å². The Balaban J connectivity index is 1.92. The summed E-state index contributed by atoms with van der Waals surface area (Å²) in [7, 11) is 0. The van der Waals surface area contributed by atoms with Crippen LogP contribution in [0.15, 0.2) is 36.7 Å². The van der Waals surface area contributed by atoms with Gasteiger partial charge in [0.25, 0.3) is 0 Å². The standard InChI is InChI=1S/C14H16N4O2/c1-3-20-14-15-8-12(9-16-14)18-13(19)17-11-6-4-10(2)5-7-11/h4-9H,3H2,1-2H3,(H2,17,18,19). The topological polar surface area (TPSA) is 76.1 Å². The zero-order valence-corrected chi connectivity index (χ0v) is 11.4. The van der Waals surface area contributed by atoms with E-state index in [2.05, 4.69) is 20.6 Å². The second kappa shape index (κ2) is 6.51. The molecule has 1 aromatic heterocycles. The van der Waals surface area contributed by atoms with Crippen LogP contribution in [0.3, 0.4) is 0 Å². The van der Waals surface area contributed by atoms with Gasteiger partial charge in [-0.2, -0.15) is 0 Å². The van der Waals surface area contributed by atoms with Gasteiger partial charge < -0.3 is 15.4 Å². The molecule has 1 heterocycles. The fraction of sp³-hybridized carbons (Fsp3) is 0.214. The number of nitrogens with one attached hydrogen (secondary N) is 2. The number of urea groups is 1. The molecular weight excluding hydrogens is 256 g/mol. The molecule has 20 heavy (non-hydrogen) atoms. The molecule has 2 amide bonds. The first-order valence-corrected chi connectivity index (χ1v) is 6.27. The van der Waals surface area contributed by atoms with Crippen LogP contribution in [0.1, 0.15) is 12.5 Å². The predicted octanol–water partition coefficient (Wildman–Crippen LogP) is 2.83. The Hall–Kier alpha value is -2.63. The van der Waals surface area contributed by atoms with Gasteiger partial charge in [0.1, 0.15) is 0 Å². The molecule has 2 aromatic rings. The maximum Gasteiger partial charge on any atom is 0.323 e. The highest BCUT2D eigenvalue weighted by molar-refractivity contribution is 5.99. The second-order valence-corrected chi connectivity index (χ2v) is 4.13.